The van der Waals surface area contributed by atoms with E-state index < -0.39 is 11.7 Å². The van der Waals surface area contributed by atoms with Crippen molar-refractivity contribution in [2.75, 3.05) is 43.4 Å². The quantitative estimate of drug-likeness (QED) is 0.469. The third-order valence-electron chi connectivity index (χ3n) is 5.87. The second-order valence-corrected chi connectivity index (χ2v) is 8.99. The van der Waals surface area contributed by atoms with Gasteiger partial charge in [0.05, 0.1) is 11.3 Å². The number of anilines is 2. The Balaban J connectivity index is 1.18. The van der Waals surface area contributed by atoms with Gasteiger partial charge >= 0.3 is 6.18 Å². The Morgan fingerprint density at radius 3 is 2.38 bits per heavy atom. The summed E-state index contributed by atoms with van der Waals surface area (Å²) in [6, 6.07) is 14.1. The molecule has 0 amide bonds. The summed E-state index contributed by atoms with van der Waals surface area (Å²) < 4.78 is 38.9. The molecule has 0 unspecified atom stereocenters. The van der Waals surface area contributed by atoms with Crippen LogP contribution in [0, 0.1) is 0 Å². The van der Waals surface area contributed by atoms with Crippen LogP contribution in [0.1, 0.15) is 24.0 Å². The van der Waals surface area contributed by atoms with Crippen LogP contribution in [0.5, 0.6) is 0 Å². The summed E-state index contributed by atoms with van der Waals surface area (Å²) in [6.07, 6.45) is -1.05. The monoisotopic (exact) mass is 460 g/mol. The molecular formula is C24H27F3N4S. The summed E-state index contributed by atoms with van der Waals surface area (Å²) in [5.41, 5.74) is 9.10. The first-order valence-electron chi connectivity index (χ1n) is 10.8. The Morgan fingerprint density at radius 2 is 1.72 bits per heavy atom. The molecule has 1 aromatic heterocycles. The van der Waals surface area contributed by atoms with Gasteiger partial charge in [-0.15, -0.1) is 11.3 Å². The molecular weight excluding hydrogens is 433 g/mol. The first-order valence-corrected chi connectivity index (χ1v) is 11.7. The zero-order valence-corrected chi connectivity index (χ0v) is 18.6. The van der Waals surface area contributed by atoms with Crippen molar-refractivity contribution in [3.63, 3.8) is 0 Å². The lowest BCUT2D eigenvalue weighted by Crippen LogP contribution is -2.46. The van der Waals surface area contributed by atoms with Gasteiger partial charge in [-0.2, -0.15) is 13.2 Å². The van der Waals surface area contributed by atoms with E-state index in [0.29, 0.717) is 10.8 Å². The highest BCUT2D eigenvalue weighted by Crippen LogP contribution is 2.32. The molecule has 1 saturated heterocycles. The number of nitrogens with two attached hydrogens (primary N) is 1. The Hall–Kier alpha value is -2.58. The van der Waals surface area contributed by atoms with Crippen LogP contribution < -0.4 is 10.6 Å². The molecule has 0 radical (unpaired) electrons. The smallest absolute Gasteiger partial charge is 0.375 e. The summed E-state index contributed by atoms with van der Waals surface area (Å²) >= 11 is 1.45. The van der Waals surface area contributed by atoms with Gasteiger partial charge in [-0.05, 0) is 49.6 Å². The van der Waals surface area contributed by atoms with Crippen molar-refractivity contribution >= 4 is 22.2 Å². The number of unbranched alkanes of at least 4 members (excludes halogenated alkanes) is 1. The number of benzene rings is 2. The molecule has 32 heavy (non-hydrogen) atoms. The third kappa shape index (κ3) is 5.81. The number of piperazine rings is 1. The minimum Gasteiger partial charge on any atom is -0.375 e. The lowest BCUT2D eigenvalue weighted by Gasteiger charge is -2.36. The summed E-state index contributed by atoms with van der Waals surface area (Å²) in [5, 5.41) is 2.55. The molecule has 1 fully saturated rings. The van der Waals surface area contributed by atoms with Gasteiger partial charge < -0.3 is 10.6 Å². The van der Waals surface area contributed by atoms with E-state index in [2.05, 4.69) is 34.1 Å². The Morgan fingerprint density at radius 1 is 0.969 bits per heavy atom. The molecule has 4 rings (SSSR count). The zero-order valence-electron chi connectivity index (χ0n) is 17.8. The molecule has 8 heteroatoms. The van der Waals surface area contributed by atoms with E-state index in [1.165, 1.54) is 29.0 Å². The maximum absolute atomic E-state index is 13.0. The first-order chi connectivity index (χ1) is 15.4. The molecule has 3 aromatic rings. The molecule has 0 atom stereocenters. The van der Waals surface area contributed by atoms with Gasteiger partial charge in [0.15, 0.2) is 5.13 Å². The largest absolute Gasteiger partial charge is 0.416 e. The molecule has 4 nitrogen and oxygen atoms in total. The Kier molecular flexibility index (Phi) is 7.01. The van der Waals surface area contributed by atoms with Crippen molar-refractivity contribution in [3.8, 4) is 11.3 Å². The normalized spacial score (nSPS) is 15.3. The molecule has 0 aliphatic carbocycles. The van der Waals surface area contributed by atoms with Crippen molar-refractivity contribution in [1.29, 1.82) is 0 Å². The van der Waals surface area contributed by atoms with Gasteiger partial charge in [-0.3, -0.25) is 4.90 Å². The second-order valence-electron chi connectivity index (χ2n) is 8.10. The lowest BCUT2D eigenvalue weighted by atomic mass is 10.0. The average Bonchev–Trinajstić information content (AvgIpc) is 3.23. The Labute approximate surface area is 190 Å². The summed E-state index contributed by atoms with van der Waals surface area (Å²) in [4.78, 5) is 8.76. The number of nitrogen functional groups attached to an aromatic ring is 1. The Bertz CT molecular complexity index is 1010. The number of hydrogen-bond donors (Lipinski definition) is 1. The van der Waals surface area contributed by atoms with Crippen molar-refractivity contribution < 1.29 is 13.2 Å². The number of aromatic nitrogens is 1. The van der Waals surface area contributed by atoms with Crippen LogP contribution in [0.2, 0.25) is 0 Å². The fraction of sp³-hybridized carbons (Fsp3) is 0.375. The number of halogens is 3. The second kappa shape index (κ2) is 9.92. The van der Waals surface area contributed by atoms with Crippen LogP contribution in [-0.4, -0.2) is 42.6 Å². The highest BCUT2D eigenvalue weighted by molar-refractivity contribution is 7.13. The number of alkyl halides is 3. The van der Waals surface area contributed by atoms with Gasteiger partial charge in [0, 0.05) is 42.8 Å². The lowest BCUT2D eigenvalue weighted by molar-refractivity contribution is -0.137. The first kappa shape index (κ1) is 22.6. The van der Waals surface area contributed by atoms with Gasteiger partial charge in [-0.1, -0.05) is 30.3 Å². The molecule has 0 saturated carbocycles. The van der Waals surface area contributed by atoms with Crippen molar-refractivity contribution in [2.24, 2.45) is 0 Å². The maximum atomic E-state index is 13.0. The highest BCUT2D eigenvalue weighted by atomic mass is 32.1. The topological polar surface area (TPSA) is 45.4 Å². The van der Waals surface area contributed by atoms with Crippen molar-refractivity contribution in [1.82, 2.24) is 9.88 Å². The fourth-order valence-corrected chi connectivity index (χ4v) is 4.61. The van der Waals surface area contributed by atoms with E-state index in [9.17, 15) is 13.2 Å². The summed E-state index contributed by atoms with van der Waals surface area (Å²) in [6.45, 7) is 4.28. The number of hydrogen-bond acceptors (Lipinski definition) is 5. The van der Waals surface area contributed by atoms with E-state index >= 15 is 0 Å². The van der Waals surface area contributed by atoms with Crippen LogP contribution in [0.25, 0.3) is 11.3 Å². The fourth-order valence-electron chi connectivity index (χ4n) is 4.04. The van der Waals surface area contributed by atoms with Crippen LogP contribution in [0.3, 0.4) is 0 Å². The molecule has 0 spiro atoms. The molecule has 0 bridgehead atoms. The molecule has 1 aliphatic heterocycles. The minimum atomic E-state index is -4.30. The van der Waals surface area contributed by atoms with Crippen molar-refractivity contribution in [2.45, 2.75) is 25.4 Å². The zero-order chi connectivity index (χ0) is 22.6. The molecule has 2 heterocycles. The number of nitrogens with zero attached hydrogens (tertiary/aromatic N) is 3. The summed E-state index contributed by atoms with van der Waals surface area (Å²) in [7, 11) is 0. The van der Waals surface area contributed by atoms with Crippen LogP contribution in [0.4, 0.5) is 24.0 Å². The predicted octanol–water partition coefficient (Wildman–Crippen LogP) is 5.56. The van der Waals surface area contributed by atoms with Gasteiger partial charge in [0.2, 0.25) is 0 Å². The van der Waals surface area contributed by atoms with E-state index in [-0.39, 0.29) is 0 Å². The van der Waals surface area contributed by atoms with Crippen LogP contribution in [0.15, 0.2) is 53.9 Å². The molecule has 2 aromatic carbocycles. The average molecular weight is 461 g/mol. The number of thiazole rings is 1. The van der Waals surface area contributed by atoms with Gasteiger partial charge in [0.1, 0.15) is 0 Å². The standard InChI is InChI=1S/C24H27F3N4S/c25-24(26,27)20-5-3-6-21(16-20)31-14-12-30(13-15-31)11-2-1-4-18-7-9-19(10-8-18)22-17-32-23(28)29-22/h3,5-10,16-17H,1-2,4,11-15H2,(H2,28,29). The van der Waals surface area contributed by atoms with Crippen molar-refractivity contribution in [3.05, 3.63) is 65.0 Å². The maximum Gasteiger partial charge on any atom is 0.416 e. The minimum absolute atomic E-state index is 0.582. The predicted molar refractivity (Wildman–Crippen MR) is 125 cm³/mol. The third-order valence-corrected chi connectivity index (χ3v) is 6.55. The van der Waals surface area contributed by atoms with Gasteiger partial charge in [0.25, 0.3) is 0 Å². The molecule has 1 aliphatic rings. The SMILES string of the molecule is Nc1nc(-c2ccc(CCCCN3CCN(c4cccc(C(F)(F)F)c4)CC3)cc2)cs1. The summed E-state index contributed by atoms with van der Waals surface area (Å²) in [5.74, 6) is 0. The van der Waals surface area contributed by atoms with Crippen LogP contribution in [-0.2, 0) is 12.6 Å². The number of aryl methyl sites for hydroxylation is 1. The van der Waals surface area contributed by atoms with Gasteiger partial charge in [-0.25, -0.2) is 4.98 Å². The highest BCUT2D eigenvalue weighted by Gasteiger charge is 2.31. The molecule has 2 N–H and O–H groups in total. The van der Waals surface area contributed by atoms with E-state index in [0.717, 1.165) is 69.3 Å². The number of rotatable bonds is 7. The van der Waals surface area contributed by atoms with E-state index in [4.69, 9.17) is 5.73 Å². The van der Waals surface area contributed by atoms with Crippen LogP contribution >= 0.6 is 11.3 Å². The van der Waals surface area contributed by atoms with E-state index in [1.54, 1.807) is 6.07 Å². The molecule has 170 valence electrons. The van der Waals surface area contributed by atoms with E-state index in [1.807, 2.05) is 10.3 Å².